The van der Waals surface area contributed by atoms with Gasteiger partial charge in [0, 0.05) is 5.56 Å². The van der Waals surface area contributed by atoms with E-state index in [1.807, 2.05) is 6.92 Å². The average molecular weight is 316 g/mol. The van der Waals surface area contributed by atoms with Gasteiger partial charge in [0.25, 0.3) is 5.91 Å². The third-order valence-corrected chi connectivity index (χ3v) is 2.95. The normalized spacial score (nSPS) is 10.6. The summed E-state index contributed by atoms with van der Waals surface area (Å²) < 4.78 is 23.7. The predicted octanol–water partition coefficient (Wildman–Crippen LogP) is 3.00. The van der Waals surface area contributed by atoms with E-state index in [9.17, 15) is 9.18 Å². The number of ether oxygens (including phenoxy) is 2. The number of benzene rings is 2. The standard InChI is InChI=1S/C17H17FN2O3/c1-3-23-15-8-7-12(9-16(15)22-2)11-19-20-17(21)13-5-4-6-14(18)10-13/h4-11H,3H2,1-2H3,(H,20,21)/b19-11-. The monoisotopic (exact) mass is 316 g/mol. The van der Waals surface area contributed by atoms with Crippen molar-refractivity contribution < 1.29 is 18.7 Å². The lowest BCUT2D eigenvalue weighted by molar-refractivity contribution is 0.0954. The number of methoxy groups -OCH3 is 1. The van der Waals surface area contributed by atoms with E-state index in [1.165, 1.54) is 24.4 Å². The second kappa shape index (κ2) is 7.93. The van der Waals surface area contributed by atoms with Crippen LogP contribution in [0.1, 0.15) is 22.8 Å². The number of hydrogen-bond donors (Lipinski definition) is 1. The van der Waals surface area contributed by atoms with Gasteiger partial charge in [-0.3, -0.25) is 4.79 Å². The van der Waals surface area contributed by atoms with Gasteiger partial charge in [0.2, 0.25) is 0 Å². The second-order valence-electron chi connectivity index (χ2n) is 4.55. The molecular weight excluding hydrogens is 299 g/mol. The molecule has 0 spiro atoms. The molecule has 2 aromatic carbocycles. The fourth-order valence-corrected chi connectivity index (χ4v) is 1.90. The zero-order chi connectivity index (χ0) is 16.7. The number of carbonyl (C=O) groups excluding carboxylic acids is 1. The van der Waals surface area contributed by atoms with Crippen molar-refractivity contribution in [3.63, 3.8) is 0 Å². The van der Waals surface area contributed by atoms with Crippen molar-refractivity contribution in [2.45, 2.75) is 6.92 Å². The van der Waals surface area contributed by atoms with E-state index in [2.05, 4.69) is 10.5 Å². The number of hydrogen-bond acceptors (Lipinski definition) is 4. The highest BCUT2D eigenvalue weighted by Gasteiger charge is 2.06. The molecule has 0 unspecified atom stereocenters. The molecule has 0 aliphatic heterocycles. The number of nitrogens with one attached hydrogen (secondary N) is 1. The Bertz CT molecular complexity index is 717. The van der Waals surface area contributed by atoms with Gasteiger partial charge in [-0.1, -0.05) is 6.07 Å². The number of carbonyl (C=O) groups is 1. The molecule has 0 atom stereocenters. The first-order valence-corrected chi connectivity index (χ1v) is 7.04. The first-order valence-electron chi connectivity index (χ1n) is 7.04. The van der Waals surface area contributed by atoms with E-state index >= 15 is 0 Å². The highest BCUT2D eigenvalue weighted by molar-refractivity contribution is 5.94. The summed E-state index contributed by atoms with van der Waals surface area (Å²) in [6, 6.07) is 10.7. The van der Waals surface area contributed by atoms with Gasteiger partial charge in [0.05, 0.1) is 19.9 Å². The predicted molar refractivity (Wildman–Crippen MR) is 85.6 cm³/mol. The van der Waals surface area contributed by atoms with Crippen LogP contribution in [0.3, 0.4) is 0 Å². The molecule has 2 aromatic rings. The quantitative estimate of drug-likeness (QED) is 0.658. The summed E-state index contributed by atoms with van der Waals surface area (Å²) in [5, 5.41) is 3.86. The highest BCUT2D eigenvalue weighted by atomic mass is 19.1. The van der Waals surface area contributed by atoms with E-state index < -0.39 is 11.7 Å². The number of rotatable bonds is 6. The Kier molecular flexibility index (Phi) is 5.68. The van der Waals surface area contributed by atoms with Gasteiger partial charge in [-0.15, -0.1) is 0 Å². The fraction of sp³-hybridized carbons (Fsp3) is 0.176. The lowest BCUT2D eigenvalue weighted by Gasteiger charge is -2.09. The molecule has 1 amide bonds. The maximum atomic E-state index is 13.1. The summed E-state index contributed by atoms with van der Waals surface area (Å²) in [5.74, 6) is 0.250. The molecule has 2 rings (SSSR count). The maximum absolute atomic E-state index is 13.1. The van der Waals surface area contributed by atoms with Crippen molar-refractivity contribution in [1.82, 2.24) is 5.43 Å². The molecule has 0 bridgehead atoms. The Morgan fingerprint density at radius 1 is 1.26 bits per heavy atom. The first-order chi connectivity index (χ1) is 11.1. The molecule has 120 valence electrons. The van der Waals surface area contributed by atoms with Gasteiger partial charge < -0.3 is 9.47 Å². The van der Waals surface area contributed by atoms with E-state index in [4.69, 9.17) is 9.47 Å². The summed E-state index contributed by atoms with van der Waals surface area (Å²) in [6.07, 6.45) is 1.47. The van der Waals surface area contributed by atoms with Crippen molar-refractivity contribution >= 4 is 12.1 Å². The number of nitrogens with zero attached hydrogens (tertiary/aromatic N) is 1. The third kappa shape index (κ3) is 4.54. The molecule has 0 heterocycles. The minimum absolute atomic E-state index is 0.200. The molecular formula is C17H17FN2O3. The minimum Gasteiger partial charge on any atom is -0.493 e. The highest BCUT2D eigenvalue weighted by Crippen LogP contribution is 2.27. The van der Waals surface area contributed by atoms with Crippen LogP contribution in [0.25, 0.3) is 0 Å². The molecule has 0 aromatic heterocycles. The van der Waals surface area contributed by atoms with Crippen molar-refractivity contribution in [2.24, 2.45) is 5.10 Å². The number of hydrazone groups is 1. The third-order valence-electron chi connectivity index (χ3n) is 2.95. The van der Waals surface area contributed by atoms with Gasteiger partial charge in [-0.05, 0) is 48.9 Å². The van der Waals surface area contributed by atoms with Gasteiger partial charge in [0.15, 0.2) is 11.5 Å². The number of amides is 1. The minimum atomic E-state index is -0.487. The fourth-order valence-electron chi connectivity index (χ4n) is 1.90. The lowest BCUT2D eigenvalue weighted by Crippen LogP contribution is -2.17. The van der Waals surface area contributed by atoms with Crippen LogP contribution < -0.4 is 14.9 Å². The molecule has 0 radical (unpaired) electrons. The van der Waals surface area contributed by atoms with E-state index in [-0.39, 0.29) is 5.56 Å². The zero-order valence-corrected chi connectivity index (χ0v) is 12.9. The molecule has 0 saturated heterocycles. The van der Waals surface area contributed by atoms with E-state index in [0.29, 0.717) is 18.1 Å². The molecule has 0 fully saturated rings. The van der Waals surface area contributed by atoms with E-state index in [0.717, 1.165) is 11.6 Å². The maximum Gasteiger partial charge on any atom is 0.271 e. The molecule has 0 aliphatic carbocycles. The smallest absolute Gasteiger partial charge is 0.271 e. The topological polar surface area (TPSA) is 59.9 Å². The van der Waals surface area contributed by atoms with Crippen LogP contribution in [-0.4, -0.2) is 25.8 Å². The SMILES string of the molecule is CCOc1ccc(/C=N\NC(=O)c2cccc(F)c2)cc1OC. The number of halogens is 1. The van der Waals surface area contributed by atoms with Crippen molar-refractivity contribution in [3.8, 4) is 11.5 Å². The van der Waals surface area contributed by atoms with Crippen LogP contribution in [0.5, 0.6) is 11.5 Å². The van der Waals surface area contributed by atoms with Gasteiger partial charge in [-0.25, -0.2) is 9.82 Å². The Morgan fingerprint density at radius 3 is 2.78 bits per heavy atom. The van der Waals surface area contributed by atoms with E-state index in [1.54, 1.807) is 25.3 Å². The van der Waals surface area contributed by atoms with Crippen molar-refractivity contribution in [3.05, 3.63) is 59.4 Å². The lowest BCUT2D eigenvalue weighted by atomic mass is 10.2. The molecule has 1 N–H and O–H groups in total. The zero-order valence-electron chi connectivity index (χ0n) is 12.9. The summed E-state index contributed by atoms with van der Waals surface area (Å²) in [7, 11) is 1.55. The van der Waals surface area contributed by atoms with Crippen LogP contribution in [0.15, 0.2) is 47.6 Å². The largest absolute Gasteiger partial charge is 0.493 e. The second-order valence-corrected chi connectivity index (χ2v) is 4.55. The van der Waals surface area contributed by atoms with Crippen LogP contribution in [0.2, 0.25) is 0 Å². The summed E-state index contributed by atoms with van der Waals surface area (Å²) in [5.41, 5.74) is 3.27. The Morgan fingerprint density at radius 2 is 2.09 bits per heavy atom. The van der Waals surface area contributed by atoms with Gasteiger partial charge in [0.1, 0.15) is 5.82 Å². The Labute approximate surface area is 133 Å². The molecule has 5 nitrogen and oxygen atoms in total. The summed E-state index contributed by atoms with van der Waals surface area (Å²) >= 11 is 0. The Balaban J connectivity index is 2.04. The van der Waals surface area contributed by atoms with Gasteiger partial charge in [-0.2, -0.15) is 5.10 Å². The van der Waals surface area contributed by atoms with Crippen LogP contribution in [-0.2, 0) is 0 Å². The van der Waals surface area contributed by atoms with Crippen LogP contribution in [0, 0.1) is 5.82 Å². The molecule has 0 saturated carbocycles. The Hall–Kier alpha value is -2.89. The summed E-state index contributed by atoms with van der Waals surface area (Å²) in [4.78, 5) is 11.8. The molecule has 0 aliphatic rings. The van der Waals surface area contributed by atoms with Gasteiger partial charge >= 0.3 is 0 Å². The first kappa shape index (κ1) is 16.5. The summed E-state index contributed by atoms with van der Waals surface area (Å²) in [6.45, 7) is 2.42. The molecule has 23 heavy (non-hydrogen) atoms. The van der Waals surface area contributed by atoms with Crippen molar-refractivity contribution in [1.29, 1.82) is 0 Å². The average Bonchev–Trinajstić information content (AvgIpc) is 2.56. The van der Waals surface area contributed by atoms with Crippen LogP contribution in [0.4, 0.5) is 4.39 Å². The van der Waals surface area contributed by atoms with Crippen molar-refractivity contribution in [2.75, 3.05) is 13.7 Å². The molecule has 6 heteroatoms. The van der Waals surface area contributed by atoms with Crippen LogP contribution >= 0.6 is 0 Å².